The molecule has 7 rings (SSSR count). The number of furan rings is 1. The molecule has 0 saturated carbocycles. The molecule has 0 N–H and O–H groups in total. The Hall–Kier alpha value is -4.88. The van der Waals surface area contributed by atoms with Gasteiger partial charge in [0.15, 0.2) is 5.58 Å². The van der Waals surface area contributed by atoms with Gasteiger partial charge in [-0.2, -0.15) is 5.26 Å². The lowest BCUT2D eigenvalue weighted by atomic mass is 9.85. The van der Waals surface area contributed by atoms with E-state index in [0.717, 1.165) is 44.3 Å². The van der Waals surface area contributed by atoms with E-state index >= 15 is 0 Å². The minimum absolute atomic E-state index is 0.00442. The molecule has 0 radical (unpaired) electrons. The van der Waals surface area contributed by atoms with E-state index in [0.29, 0.717) is 11.1 Å². The highest BCUT2D eigenvalue weighted by atomic mass is 16.3. The molecule has 0 aliphatic rings. The maximum Gasteiger partial charge on any atom is 0.160 e. The van der Waals surface area contributed by atoms with E-state index < -0.39 is 0 Å². The Morgan fingerprint density at radius 3 is 1.74 bits per heavy atom. The number of benzene rings is 4. The number of hydrogen-bond donors (Lipinski definition) is 0. The van der Waals surface area contributed by atoms with Crippen LogP contribution < -0.4 is 0 Å². The van der Waals surface area contributed by atoms with E-state index in [1.165, 1.54) is 27.5 Å². The molecule has 0 atom stereocenters. The average Bonchev–Trinajstić information content (AvgIpc) is 3.54. The van der Waals surface area contributed by atoms with Gasteiger partial charge in [-0.25, -0.2) is 0 Å². The lowest BCUT2D eigenvalue weighted by Gasteiger charge is -2.19. The molecule has 0 amide bonds. The average molecular weight is 604 g/mol. The molecule has 0 bridgehead atoms. The highest BCUT2D eigenvalue weighted by Crippen LogP contribution is 2.43. The standard InChI is InChI=1S/C42H41N3O/c1-40(2,3)26-14-17-35-32(21-26)33-22-27(41(4,5)6)15-18-36(33)45(35)37-25(24-43)13-16-30-29-11-10-12-31(38(29)46-39(30)37)34-23-28(19-20-44-34)42(7,8)9/h10-23H,1-9H3. The molecule has 7 aromatic rings. The van der Waals surface area contributed by atoms with Crippen LogP contribution in [0.4, 0.5) is 0 Å². The van der Waals surface area contributed by atoms with Crippen LogP contribution >= 0.6 is 0 Å². The van der Waals surface area contributed by atoms with Gasteiger partial charge < -0.3 is 8.98 Å². The van der Waals surface area contributed by atoms with Crippen molar-refractivity contribution >= 4 is 43.7 Å². The molecule has 0 spiro atoms. The molecule has 0 aliphatic carbocycles. The Kier molecular flexibility index (Phi) is 6.52. The summed E-state index contributed by atoms with van der Waals surface area (Å²) in [5, 5.41) is 14.9. The summed E-state index contributed by atoms with van der Waals surface area (Å²) >= 11 is 0. The lowest BCUT2D eigenvalue weighted by Crippen LogP contribution is -2.11. The fourth-order valence-corrected chi connectivity index (χ4v) is 6.60. The van der Waals surface area contributed by atoms with Gasteiger partial charge in [0.05, 0.1) is 22.3 Å². The lowest BCUT2D eigenvalue weighted by molar-refractivity contribution is 0.589. The van der Waals surface area contributed by atoms with Crippen molar-refractivity contribution in [2.45, 2.75) is 78.6 Å². The van der Waals surface area contributed by atoms with E-state index in [1.54, 1.807) is 0 Å². The van der Waals surface area contributed by atoms with Gasteiger partial charge in [-0.1, -0.05) is 86.6 Å². The Morgan fingerprint density at radius 2 is 1.17 bits per heavy atom. The summed E-state index contributed by atoms with van der Waals surface area (Å²) < 4.78 is 9.14. The van der Waals surface area contributed by atoms with Crippen LogP contribution in [-0.4, -0.2) is 9.55 Å². The molecule has 4 aromatic carbocycles. The predicted octanol–water partition coefficient (Wildman–Crippen LogP) is 11.5. The summed E-state index contributed by atoms with van der Waals surface area (Å²) in [4.78, 5) is 4.77. The highest BCUT2D eigenvalue weighted by molar-refractivity contribution is 6.15. The van der Waals surface area contributed by atoms with Crippen LogP contribution in [0.3, 0.4) is 0 Å². The van der Waals surface area contributed by atoms with Crippen molar-refractivity contribution in [2.24, 2.45) is 0 Å². The van der Waals surface area contributed by atoms with Crippen LogP contribution in [0.2, 0.25) is 0 Å². The first-order chi connectivity index (χ1) is 21.7. The fourth-order valence-electron chi connectivity index (χ4n) is 6.60. The Bertz CT molecular complexity index is 2300. The van der Waals surface area contributed by atoms with Gasteiger partial charge in [0, 0.05) is 33.3 Å². The number of nitriles is 1. The van der Waals surface area contributed by atoms with E-state index in [2.05, 4.69) is 140 Å². The van der Waals surface area contributed by atoms with Gasteiger partial charge in [0.1, 0.15) is 17.3 Å². The Labute approximate surface area is 271 Å². The molecule has 4 nitrogen and oxygen atoms in total. The second-order valence-electron chi connectivity index (χ2n) is 15.7. The van der Waals surface area contributed by atoms with Crippen LogP contribution in [-0.2, 0) is 16.2 Å². The molecule has 46 heavy (non-hydrogen) atoms. The zero-order valence-corrected chi connectivity index (χ0v) is 28.3. The second-order valence-corrected chi connectivity index (χ2v) is 15.7. The largest absolute Gasteiger partial charge is 0.453 e. The van der Waals surface area contributed by atoms with Crippen LogP contribution in [0.15, 0.2) is 89.5 Å². The van der Waals surface area contributed by atoms with Gasteiger partial charge >= 0.3 is 0 Å². The van der Waals surface area contributed by atoms with Gasteiger partial charge in [0.25, 0.3) is 0 Å². The topological polar surface area (TPSA) is 54.8 Å². The molecule has 230 valence electrons. The molecule has 4 heteroatoms. The van der Waals surface area contributed by atoms with Crippen LogP contribution in [0.1, 0.15) is 84.6 Å². The summed E-state index contributed by atoms with van der Waals surface area (Å²) in [5.41, 5.74) is 10.5. The molecular weight excluding hydrogens is 562 g/mol. The first-order valence-electron chi connectivity index (χ1n) is 16.1. The van der Waals surface area contributed by atoms with Gasteiger partial charge in [-0.3, -0.25) is 4.98 Å². The number of pyridine rings is 1. The van der Waals surface area contributed by atoms with Crippen molar-refractivity contribution in [3.8, 4) is 23.0 Å². The highest BCUT2D eigenvalue weighted by Gasteiger charge is 2.25. The van der Waals surface area contributed by atoms with Crippen LogP contribution in [0, 0.1) is 11.3 Å². The number of rotatable bonds is 2. The molecule has 3 heterocycles. The second kappa shape index (κ2) is 10.1. The van der Waals surface area contributed by atoms with Crippen molar-refractivity contribution in [1.82, 2.24) is 9.55 Å². The zero-order valence-electron chi connectivity index (χ0n) is 28.3. The number of para-hydroxylation sites is 1. The zero-order chi connectivity index (χ0) is 32.8. The third-order valence-electron chi connectivity index (χ3n) is 9.38. The first-order valence-corrected chi connectivity index (χ1v) is 16.1. The van der Waals surface area contributed by atoms with E-state index in [-0.39, 0.29) is 16.2 Å². The van der Waals surface area contributed by atoms with Crippen LogP contribution in [0.5, 0.6) is 0 Å². The Balaban J connectivity index is 1.59. The smallest absolute Gasteiger partial charge is 0.160 e. The predicted molar refractivity (Wildman–Crippen MR) is 192 cm³/mol. The first kappa shape index (κ1) is 29.8. The third kappa shape index (κ3) is 4.69. The summed E-state index contributed by atoms with van der Waals surface area (Å²) in [6, 6.07) is 30.5. The summed E-state index contributed by atoms with van der Waals surface area (Å²) in [5.74, 6) is 0. The summed E-state index contributed by atoms with van der Waals surface area (Å²) in [7, 11) is 0. The maximum absolute atomic E-state index is 10.5. The molecule has 0 fully saturated rings. The van der Waals surface area contributed by atoms with Gasteiger partial charge in [-0.15, -0.1) is 0 Å². The number of aromatic nitrogens is 2. The molecular formula is C42H41N3O. The monoisotopic (exact) mass is 603 g/mol. The maximum atomic E-state index is 10.5. The number of fused-ring (bicyclic) bond motifs is 6. The quantitative estimate of drug-likeness (QED) is 0.197. The van der Waals surface area contributed by atoms with Crippen molar-refractivity contribution in [3.05, 3.63) is 107 Å². The normalized spacial score (nSPS) is 12.9. The number of nitrogens with zero attached hydrogens (tertiary/aromatic N) is 3. The molecule has 3 aromatic heterocycles. The van der Waals surface area contributed by atoms with E-state index in [9.17, 15) is 5.26 Å². The molecule has 0 unspecified atom stereocenters. The minimum atomic E-state index is -0.00935. The number of hydrogen-bond acceptors (Lipinski definition) is 3. The van der Waals surface area contributed by atoms with E-state index in [1.807, 2.05) is 18.3 Å². The minimum Gasteiger partial charge on any atom is -0.453 e. The van der Waals surface area contributed by atoms with Crippen LogP contribution in [0.25, 0.3) is 60.7 Å². The molecule has 0 saturated heterocycles. The Morgan fingerprint density at radius 1 is 0.609 bits per heavy atom. The third-order valence-corrected chi connectivity index (χ3v) is 9.38. The van der Waals surface area contributed by atoms with Crippen molar-refractivity contribution < 1.29 is 4.42 Å². The summed E-state index contributed by atoms with van der Waals surface area (Å²) in [6.07, 6.45) is 1.88. The van der Waals surface area contributed by atoms with Gasteiger partial charge in [-0.05, 0) is 87.5 Å². The van der Waals surface area contributed by atoms with E-state index in [4.69, 9.17) is 9.40 Å². The van der Waals surface area contributed by atoms with Crippen molar-refractivity contribution in [2.75, 3.05) is 0 Å². The molecule has 0 aliphatic heterocycles. The van der Waals surface area contributed by atoms with Crippen molar-refractivity contribution in [1.29, 1.82) is 5.26 Å². The summed E-state index contributed by atoms with van der Waals surface area (Å²) in [6.45, 7) is 20.1. The fraction of sp³-hybridized carbons (Fsp3) is 0.286. The SMILES string of the molecule is CC(C)(C)c1ccnc(-c2cccc3c2oc2c(-n4c5ccc(C(C)(C)C)cc5c5cc(C(C)(C)C)ccc54)c(C#N)ccc23)c1. The van der Waals surface area contributed by atoms with Crippen molar-refractivity contribution in [3.63, 3.8) is 0 Å². The van der Waals surface area contributed by atoms with Gasteiger partial charge in [0.2, 0.25) is 0 Å².